The van der Waals surface area contributed by atoms with Gasteiger partial charge in [-0.1, -0.05) is 37.0 Å². The second-order valence-corrected chi connectivity index (χ2v) is 5.97. The molecule has 1 aromatic carbocycles. The van der Waals surface area contributed by atoms with Gasteiger partial charge in [-0.25, -0.2) is 0 Å². The highest BCUT2D eigenvalue weighted by molar-refractivity contribution is 6.33. The normalized spacial score (nSPS) is 12.6. The van der Waals surface area contributed by atoms with Crippen molar-refractivity contribution >= 4 is 23.2 Å². The zero-order valence-corrected chi connectivity index (χ0v) is 14.0. The third-order valence-electron chi connectivity index (χ3n) is 3.44. The van der Waals surface area contributed by atoms with Crippen LogP contribution in [0.5, 0.6) is 0 Å². The van der Waals surface area contributed by atoms with Crippen molar-refractivity contribution in [2.45, 2.75) is 39.3 Å². The summed E-state index contributed by atoms with van der Waals surface area (Å²) in [6.45, 7) is 6.00. The molecule has 3 nitrogen and oxygen atoms in total. The summed E-state index contributed by atoms with van der Waals surface area (Å²) in [7, 11) is 0. The molecule has 0 spiro atoms. The molecule has 0 aliphatic heterocycles. The SMILES string of the molecule is CCCNC(CC)c1cnn(Cc2cc(Cl)ccc2Cl)c1. The quantitative estimate of drug-likeness (QED) is 0.800. The number of nitrogens with zero attached hydrogens (tertiary/aromatic N) is 2. The van der Waals surface area contributed by atoms with E-state index in [9.17, 15) is 0 Å². The third-order valence-corrected chi connectivity index (χ3v) is 4.05. The molecule has 0 amide bonds. The monoisotopic (exact) mass is 325 g/mol. The maximum Gasteiger partial charge on any atom is 0.0674 e. The van der Waals surface area contributed by atoms with Crippen LogP contribution in [-0.2, 0) is 6.54 Å². The van der Waals surface area contributed by atoms with Crippen LogP contribution in [0.25, 0.3) is 0 Å². The number of hydrogen-bond acceptors (Lipinski definition) is 2. The van der Waals surface area contributed by atoms with Crippen molar-refractivity contribution in [3.05, 3.63) is 51.8 Å². The van der Waals surface area contributed by atoms with Gasteiger partial charge in [0.1, 0.15) is 0 Å². The van der Waals surface area contributed by atoms with Gasteiger partial charge in [0.05, 0.1) is 12.7 Å². The molecule has 2 rings (SSSR count). The molecule has 0 aliphatic carbocycles. The fourth-order valence-electron chi connectivity index (χ4n) is 2.30. The highest BCUT2D eigenvalue weighted by Gasteiger charge is 2.11. The lowest BCUT2D eigenvalue weighted by atomic mass is 10.1. The fraction of sp³-hybridized carbons (Fsp3) is 0.438. The lowest BCUT2D eigenvalue weighted by molar-refractivity contribution is 0.517. The topological polar surface area (TPSA) is 29.9 Å². The van der Waals surface area contributed by atoms with Crippen LogP contribution in [0.3, 0.4) is 0 Å². The molecule has 0 saturated heterocycles. The predicted octanol–water partition coefficient (Wildman–Crippen LogP) is 4.69. The Hall–Kier alpha value is -1.03. The zero-order valence-electron chi connectivity index (χ0n) is 12.4. The van der Waals surface area contributed by atoms with Crippen LogP contribution >= 0.6 is 23.2 Å². The van der Waals surface area contributed by atoms with Crippen LogP contribution in [0.2, 0.25) is 10.0 Å². The van der Waals surface area contributed by atoms with E-state index in [4.69, 9.17) is 23.2 Å². The molecule has 1 atom stereocenters. The van der Waals surface area contributed by atoms with Gasteiger partial charge < -0.3 is 5.32 Å². The highest BCUT2D eigenvalue weighted by Crippen LogP contribution is 2.22. The van der Waals surface area contributed by atoms with E-state index in [0.29, 0.717) is 22.6 Å². The molecule has 1 N–H and O–H groups in total. The van der Waals surface area contributed by atoms with Gasteiger partial charge >= 0.3 is 0 Å². The Kier molecular flexibility index (Phi) is 6.09. The molecule has 2 aromatic rings. The van der Waals surface area contributed by atoms with E-state index in [1.165, 1.54) is 5.56 Å². The molecule has 1 unspecified atom stereocenters. The van der Waals surface area contributed by atoms with Gasteiger partial charge in [-0.2, -0.15) is 5.10 Å². The molecule has 114 valence electrons. The summed E-state index contributed by atoms with van der Waals surface area (Å²) < 4.78 is 1.91. The van der Waals surface area contributed by atoms with Crippen molar-refractivity contribution in [3.63, 3.8) is 0 Å². The second kappa shape index (κ2) is 7.83. The van der Waals surface area contributed by atoms with E-state index >= 15 is 0 Å². The molecule has 21 heavy (non-hydrogen) atoms. The summed E-state index contributed by atoms with van der Waals surface area (Å²) in [5.74, 6) is 0. The zero-order chi connectivity index (χ0) is 15.2. The molecule has 0 aliphatic rings. The molecular formula is C16H21Cl2N3. The highest BCUT2D eigenvalue weighted by atomic mass is 35.5. The van der Waals surface area contributed by atoms with Crippen LogP contribution in [0.15, 0.2) is 30.6 Å². The van der Waals surface area contributed by atoms with Crippen molar-refractivity contribution < 1.29 is 0 Å². The average molecular weight is 326 g/mol. The minimum atomic E-state index is 0.355. The molecule has 0 radical (unpaired) electrons. The lowest BCUT2D eigenvalue weighted by Gasteiger charge is -2.14. The number of nitrogens with one attached hydrogen (secondary N) is 1. The Balaban J connectivity index is 2.10. The fourth-order valence-corrected chi connectivity index (χ4v) is 2.67. The van der Waals surface area contributed by atoms with E-state index < -0.39 is 0 Å². The molecule has 0 bridgehead atoms. The Morgan fingerprint density at radius 2 is 2.10 bits per heavy atom. The summed E-state index contributed by atoms with van der Waals surface area (Å²) in [5, 5.41) is 9.37. The van der Waals surface area contributed by atoms with Crippen LogP contribution in [-0.4, -0.2) is 16.3 Å². The van der Waals surface area contributed by atoms with Crippen molar-refractivity contribution in [2.24, 2.45) is 0 Å². The molecule has 0 fully saturated rings. The van der Waals surface area contributed by atoms with Gasteiger partial charge in [-0.15, -0.1) is 0 Å². The van der Waals surface area contributed by atoms with Gasteiger partial charge in [0.15, 0.2) is 0 Å². The smallest absolute Gasteiger partial charge is 0.0674 e. The maximum absolute atomic E-state index is 6.20. The van der Waals surface area contributed by atoms with Crippen molar-refractivity contribution in [1.82, 2.24) is 15.1 Å². The molecule has 0 saturated carbocycles. The van der Waals surface area contributed by atoms with Crippen molar-refractivity contribution in [1.29, 1.82) is 0 Å². The van der Waals surface area contributed by atoms with Crippen molar-refractivity contribution in [2.75, 3.05) is 6.54 Å². The summed E-state index contributed by atoms with van der Waals surface area (Å²) in [5.41, 5.74) is 2.19. The van der Waals surface area contributed by atoms with Gasteiger partial charge in [0.25, 0.3) is 0 Å². The number of aromatic nitrogens is 2. The minimum Gasteiger partial charge on any atom is -0.310 e. The van der Waals surface area contributed by atoms with Gasteiger partial charge in [0.2, 0.25) is 0 Å². The predicted molar refractivity (Wildman–Crippen MR) is 89.1 cm³/mol. The Labute approximate surface area is 136 Å². The van der Waals surface area contributed by atoms with Gasteiger partial charge in [-0.05, 0) is 43.1 Å². The van der Waals surface area contributed by atoms with E-state index in [1.807, 2.05) is 23.0 Å². The number of hydrogen-bond donors (Lipinski definition) is 1. The molecular weight excluding hydrogens is 305 g/mol. The molecule has 1 heterocycles. The largest absolute Gasteiger partial charge is 0.310 e. The average Bonchev–Trinajstić information content (AvgIpc) is 2.92. The van der Waals surface area contributed by atoms with E-state index in [2.05, 4.69) is 30.5 Å². The Morgan fingerprint density at radius 3 is 2.81 bits per heavy atom. The Bertz CT molecular complexity index is 581. The first-order valence-corrected chi connectivity index (χ1v) is 8.09. The van der Waals surface area contributed by atoms with E-state index in [1.54, 1.807) is 6.07 Å². The van der Waals surface area contributed by atoms with Gasteiger partial charge in [0, 0.05) is 27.8 Å². The Morgan fingerprint density at radius 1 is 1.29 bits per heavy atom. The summed E-state index contributed by atoms with van der Waals surface area (Å²) in [6, 6.07) is 5.86. The van der Waals surface area contributed by atoms with Crippen molar-refractivity contribution in [3.8, 4) is 0 Å². The lowest BCUT2D eigenvalue weighted by Crippen LogP contribution is -2.21. The summed E-state index contributed by atoms with van der Waals surface area (Å²) in [6.07, 6.45) is 6.18. The number of halogens is 2. The first-order valence-electron chi connectivity index (χ1n) is 7.33. The molecule has 1 aromatic heterocycles. The number of benzene rings is 1. The summed E-state index contributed by atoms with van der Waals surface area (Å²) in [4.78, 5) is 0. The first kappa shape index (κ1) is 16.3. The van der Waals surface area contributed by atoms with Crippen LogP contribution in [0.1, 0.15) is 43.9 Å². The minimum absolute atomic E-state index is 0.355. The third kappa shape index (κ3) is 4.47. The van der Waals surface area contributed by atoms with E-state index in [-0.39, 0.29) is 0 Å². The van der Waals surface area contributed by atoms with Crippen LogP contribution < -0.4 is 5.32 Å². The molecule has 5 heteroatoms. The maximum atomic E-state index is 6.20. The van der Waals surface area contributed by atoms with Crippen LogP contribution in [0.4, 0.5) is 0 Å². The van der Waals surface area contributed by atoms with E-state index in [0.717, 1.165) is 24.9 Å². The van der Waals surface area contributed by atoms with Crippen LogP contribution in [0, 0.1) is 0 Å². The summed E-state index contributed by atoms with van der Waals surface area (Å²) >= 11 is 12.2. The van der Waals surface area contributed by atoms with Gasteiger partial charge in [-0.3, -0.25) is 4.68 Å². The first-order chi connectivity index (χ1) is 10.1. The standard InChI is InChI=1S/C16H21Cl2N3/c1-3-7-19-16(4-2)13-9-20-21(11-13)10-12-8-14(17)5-6-15(12)18/h5-6,8-9,11,16,19H,3-4,7,10H2,1-2H3. The second-order valence-electron chi connectivity index (χ2n) is 5.12. The number of rotatable bonds is 7.